The van der Waals surface area contributed by atoms with Crippen LogP contribution in [0, 0.1) is 0 Å². The predicted octanol–water partition coefficient (Wildman–Crippen LogP) is 3.47. The summed E-state index contributed by atoms with van der Waals surface area (Å²) >= 11 is 11.6. The summed E-state index contributed by atoms with van der Waals surface area (Å²) in [6.07, 6.45) is 1.74. The number of nitrogens with zero attached hydrogens (tertiary/aromatic N) is 4. The van der Waals surface area contributed by atoms with Crippen molar-refractivity contribution in [2.75, 3.05) is 5.32 Å². The number of fused-ring (bicyclic) bond motifs is 1. The molecule has 0 amide bonds. The van der Waals surface area contributed by atoms with Gasteiger partial charge in [0, 0.05) is 17.3 Å². The SMILES string of the molecule is Clc1nnc(Cl)c(Nc2cccc3ncccc23)n1. The molecule has 0 aliphatic heterocycles. The van der Waals surface area contributed by atoms with Gasteiger partial charge in [0.15, 0.2) is 11.0 Å². The molecule has 0 unspecified atom stereocenters. The quantitative estimate of drug-likeness (QED) is 0.783. The van der Waals surface area contributed by atoms with Gasteiger partial charge < -0.3 is 5.32 Å². The molecule has 0 fully saturated rings. The van der Waals surface area contributed by atoms with Crippen molar-refractivity contribution in [3.8, 4) is 0 Å². The maximum absolute atomic E-state index is 5.92. The van der Waals surface area contributed by atoms with Crippen molar-refractivity contribution in [3.05, 3.63) is 47.0 Å². The zero-order chi connectivity index (χ0) is 13.2. The molecule has 2 aromatic heterocycles. The Bertz CT molecular complexity index is 742. The minimum atomic E-state index is 0.0326. The molecule has 0 spiro atoms. The third-order valence-electron chi connectivity index (χ3n) is 2.52. The number of anilines is 2. The van der Waals surface area contributed by atoms with Crippen molar-refractivity contribution >= 4 is 45.6 Å². The highest BCUT2D eigenvalue weighted by Crippen LogP contribution is 2.27. The van der Waals surface area contributed by atoms with Crippen LogP contribution in [-0.4, -0.2) is 20.2 Å². The van der Waals surface area contributed by atoms with Crippen LogP contribution in [0.5, 0.6) is 0 Å². The van der Waals surface area contributed by atoms with E-state index in [2.05, 4.69) is 25.5 Å². The van der Waals surface area contributed by atoms with Gasteiger partial charge in [0.05, 0.1) is 5.52 Å². The van der Waals surface area contributed by atoms with E-state index >= 15 is 0 Å². The molecule has 94 valence electrons. The van der Waals surface area contributed by atoms with Gasteiger partial charge in [0.2, 0.25) is 5.28 Å². The first-order valence-electron chi connectivity index (χ1n) is 5.40. The first-order valence-corrected chi connectivity index (χ1v) is 6.16. The van der Waals surface area contributed by atoms with Gasteiger partial charge in [0.25, 0.3) is 0 Å². The standard InChI is InChI=1S/C12H7Cl2N5/c13-10-11(17-12(14)19-18-10)16-9-5-1-4-8-7(9)3-2-6-15-8/h1-6H,(H,16,17,19). The van der Waals surface area contributed by atoms with Crippen molar-refractivity contribution in [1.29, 1.82) is 0 Å². The van der Waals surface area contributed by atoms with Gasteiger partial charge in [-0.15, -0.1) is 10.2 Å². The normalized spacial score (nSPS) is 10.6. The van der Waals surface area contributed by atoms with Crippen LogP contribution in [0.1, 0.15) is 0 Å². The van der Waals surface area contributed by atoms with Crippen LogP contribution >= 0.6 is 23.2 Å². The van der Waals surface area contributed by atoms with Gasteiger partial charge in [-0.25, -0.2) is 0 Å². The lowest BCUT2D eigenvalue weighted by Gasteiger charge is -2.09. The lowest BCUT2D eigenvalue weighted by Crippen LogP contribution is -1.99. The van der Waals surface area contributed by atoms with E-state index in [-0.39, 0.29) is 10.4 Å². The summed E-state index contributed by atoms with van der Waals surface area (Å²) in [5.41, 5.74) is 1.70. The second-order valence-electron chi connectivity index (χ2n) is 3.72. The zero-order valence-corrected chi connectivity index (χ0v) is 11.0. The molecule has 0 radical (unpaired) electrons. The van der Waals surface area contributed by atoms with Gasteiger partial charge in [0.1, 0.15) is 0 Å². The van der Waals surface area contributed by atoms with Crippen LogP contribution in [0.3, 0.4) is 0 Å². The summed E-state index contributed by atoms with van der Waals surface area (Å²) in [5, 5.41) is 11.5. The molecule has 1 aromatic carbocycles. The van der Waals surface area contributed by atoms with E-state index in [4.69, 9.17) is 23.2 Å². The largest absolute Gasteiger partial charge is 0.337 e. The topological polar surface area (TPSA) is 63.6 Å². The molecule has 5 nitrogen and oxygen atoms in total. The molecule has 19 heavy (non-hydrogen) atoms. The lowest BCUT2D eigenvalue weighted by atomic mass is 10.2. The Hall–Kier alpha value is -1.98. The Morgan fingerprint density at radius 1 is 1.00 bits per heavy atom. The minimum Gasteiger partial charge on any atom is -0.337 e. The fourth-order valence-electron chi connectivity index (χ4n) is 1.71. The van der Waals surface area contributed by atoms with E-state index in [1.165, 1.54) is 0 Å². The summed E-state index contributed by atoms with van der Waals surface area (Å²) in [6, 6.07) is 9.53. The molecule has 1 N–H and O–H groups in total. The summed E-state index contributed by atoms with van der Waals surface area (Å²) in [6.45, 7) is 0. The minimum absolute atomic E-state index is 0.0326. The average Bonchev–Trinajstić information content (AvgIpc) is 2.43. The van der Waals surface area contributed by atoms with E-state index in [9.17, 15) is 0 Å². The van der Waals surface area contributed by atoms with Gasteiger partial charge in [-0.1, -0.05) is 17.7 Å². The summed E-state index contributed by atoms with van der Waals surface area (Å²) in [5.74, 6) is 0.359. The molecule has 0 saturated carbocycles. The first kappa shape index (κ1) is 12.1. The van der Waals surface area contributed by atoms with Crippen molar-refractivity contribution in [2.24, 2.45) is 0 Å². The van der Waals surface area contributed by atoms with Crippen LogP contribution in [0.25, 0.3) is 10.9 Å². The maximum Gasteiger partial charge on any atom is 0.245 e. The number of hydrogen-bond acceptors (Lipinski definition) is 5. The number of nitrogens with one attached hydrogen (secondary N) is 1. The summed E-state index contributed by atoms with van der Waals surface area (Å²) in [7, 11) is 0. The van der Waals surface area contributed by atoms with E-state index in [0.29, 0.717) is 5.82 Å². The van der Waals surface area contributed by atoms with E-state index in [0.717, 1.165) is 16.6 Å². The molecule has 0 atom stereocenters. The number of aromatic nitrogens is 4. The Balaban J connectivity index is 2.08. The summed E-state index contributed by atoms with van der Waals surface area (Å²) < 4.78 is 0. The Morgan fingerprint density at radius 3 is 2.79 bits per heavy atom. The van der Waals surface area contributed by atoms with Crippen molar-refractivity contribution in [1.82, 2.24) is 20.2 Å². The molecule has 0 saturated heterocycles. The Labute approximate surface area is 118 Å². The third-order valence-corrected chi connectivity index (χ3v) is 2.93. The van der Waals surface area contributed by atoms with Crippen LogP contribution in [0.2, 0.25) is 10.4 Å². The van der Waals surface area contributed by atoms with Crippen molar-refractivity contribution < 1.29 is 0 Å². The van der Waals surface area contributed by atoms with E-state index in [1.807, 2.05) is 30.3 Å². The molecule has 0 aliphatic carbocycles. The highest BCUT2D eigenvalue weighted by Gasteiger charge is 2.08. The fraction of sp³-hybridized carbons (Fsp3) is 0. The molecule has 7 heteroatoms. The van der Waals surface area contributed by atoms with Crippen molar-refractivity contribution in [2.45, 2.75) is 0 Å². The smallest absolute Gasteiger partial charge is 0.245 e. The molecule has 3 aromatic rings. The summed E-state index contributed by atoms with van der Waals surface area (Å²) in [4.78, 5) is 8.28. The highest BCUT2D eigenvalue weighted by molar-refractivity contribution is 6.32. The molecule has 2 heterocycles. The van der Waals surface area contributed by atoms with Gasteiger partial charge in [-0.3, -0.25) is 4.98 Å². The van der Waals surface area contributed by atoms with Crippen LogP contribution in [0.15, 0.2) is 36.5 Å². The second-order valence-corrected chi connectivity index (χ2v) is 4.42. The number of rotatable bonds is 2. The molecule has 3 rings (SSSR count). The Morgan fingerprint density at radius 2 is 1.89 bits per heavy atom. The molecular weight excluding hydrogens is 285 g/mol. The van der Waals surface area contributed by atoms with E-state index in [1.54, 1.807) is 6.20 Å². The number of hydrogen-bond donors (Lipinski definition) is 1. The van der Waals surface area contributed by atoms with Gasteiger partial charge in [-0.2, -0.15) is 4.98 Å². The van der Waals surface area contributed by atoms with Crippen molar-refractivity contribution in [3.63, 3.8) is 0 Å². The zero-order valence-electron chi connectivity index (χ0n) is 9.51. The lowest BCUT2D eigenvalue weighted by molar-refractivity contribution is 0.975. The first-order chi connectivity index (χ1) is 9.24. The molecule has 0 bridgehead atoms. The fourth-order valence-corrected chi connectivity index (χ4v) is 1.96. The van der Waals surface area contributed by atoms with Crippen LogP contribution < -0.4 is 5.32 Å². The Kier molecular flexibility index (Phi) is 3.15. The third kappa shape index (κ3) is 2.43. The monoisotopic (exact) mass is 291 g/mol. The number of pyridine rings is 1. The number of benzene rings is 1. The predicted molar refractivity (Wildman–Crippen MR) is 74.9 cm³/mol. The van der Waals surface area contributed by atoms with Gasteiger partial charge >= 0.3 is 0 Å². The van der Waals surface area contributed by atoms with Crippen LogP contribution in [-0.2, 0) is 0 Å². The maximum atomic E-state index is 5.92. The average molecular weight is 292 g/mol. The highest BCUT2D eigenvalue weighted by atomic mass is 35.5. The molecular formula is C12H7Cl2N5. The van der Waals surface area contributed by atoms with E-state index < -0.39 is 0 Å². The van der Waals surface area contributed by atoms with Gasteiger partial charge in [-0.05, 0) is 35.9 Å². The number of halogens is 2. The molecule has 0 aliphatic rings. The van der Waals surface area contributed by atoms with Crippen LogP contribution in [0.4, 0.5) is 11.5 Å². The second kappa shape index (κ2) is 4.95.